The van der Waals surface area contributed by atoms with Crippen molar-refractivity contribution in [2.24, 2.45) is 0 Å². The summed E-state index contributed by atoms with van der Waals surface area (Å²) >= 11 is 0. The van der Waals surface area contributed by atoms with Crippen molar-refractivity contribution < 1.29 is 22.7 Å². The zero-order valence-electron chi connectivity index (χ0n) is 10.6. The maximum Gasteiger partial charge on any atom is 0.416 e. The van der Waals surface area contributed by atoms with Gasteiger partial charge in [-0.2, -0.15) is 13.2 Å². The normalized spacial score (nSPS) is 11.8. The average molecular weight is 283 g/mol. The molecule has 1 heterocycles. The standard InChI is InChI=1S/C14H12F3NO2/c1-3-8-4-10-11(19)5-9(7(2)14(15,16)17)6-12(10)20-13(8)18/h4-6,18-19H,2-3H2,1H3. The highest BCUT2D eigenvalue weighted by atomic mass is 19.4. The lowest BCUT2D eigenvalue weighted by atomic mass is 10.0. The van der Waals surface area contributed by atoms with E-state index in [9.17, 15) is 18.3 Å². The van der Waals surface area contributed by atoms with Crippen LogP contribution in [0, 0.1) is 5.41 Å². The number of nitrogens with one attached hydrogen (secondary N) is 1. The van der Waals surface area contributed by atoms with Crippen LogP contribution in [0.1, 0.15) is 18.1 Å². The zero-order valence-corrected chi connectivity index (χ0v) is 10.6. The maximum atomic E-state index is 12.6. The Morgan fingerprint density at radius 1 is 1.35 bits per heavy atom. The number of benzene rings is 1. The lowest BCUT2D eigenvalue weighted by Gasteiger charge is -2.12. The Labute approximate surface area is 112 Å². The van der Waals surface area contributed by atoms with Crippen LogP contribution in [-0.2, 0) is 6.42 Å². The summed E-state index contributed by atoms with van der Waals surface area (Å²) in [6, 6.07) is 3.66. The molecular weight excluding hydrogens is 271 g/mol. The van der Waals surface area contributed by atoms with Crippen LogP contribution in [0.4, 0.5) is 13.2 Å². The number of aryl methyl sites for hydroxylation is 1. The van der Waals surface area contributed by atoms with E-state index in [2.05, 4.69) is 6.58 Å². The van der Waals surface area contributed by atoms with Crippen molar-refractivity contribution in [3.63, 3.8) is 0 Å². The Kier molecular flexibility index (Phi) is 3.33. The molecule has 2 N–H and O–H groups in total. The van der Waals surface area contributed by atoms with Gasteiger partial charge in [-0.3, -0.25) is 5.41 Å². The summed E-state index contributed by atoms with van der Waals surface area (Å²) in [7, 11) is 0. The number of hydrogen-bond donors (Lipinski definition) is 2. The fraction of sp³-hybridized carbons (Fsp3) is 0.214. The van der Waals surface area contributed by atoms with E-state index in [1.165, 1.54) is 6.07 Å². The average Bonchev–Trinajstić information content (AvgIpc) is 2.35. The van der Waals surface area contributed by atoms with Gasteiger partial charge in [0.25, 0.3) is 0 Å². The first-order valence-electron chi connectivity index (χ1n) is 5.85. The van der Waals surface area contributed by atoms with E-state index in [1.54, 1.807) is 0 Å². The number of phenols is 1. The van der Waals surface area contributed by atoms with Crippen LogP contribution < -0.4 is 5.55 Å². The fourth-order valence-electron chi connectivity index (χ4n) is 1.86. The molecule has 106 valence electrons. The van der Waals surface area contributed by atoms with Crippen molar-refractivity contribution in [1.82, 2.24) is 0 Å². The largest absolute Gasteiger partial charge is 0.507 e. The Morgan fingerprint density at radius 2 is 2.00 bits per heavy atom. The molecule has 20 heavy (non-hydrogen) atoms. The molecule has 0 aliphatic rings. The number of hydrogen-bond acceptors (Lipinski definition) is 3. The first kappa shape index (κ1) is 14.2. The molecular formula is C14H12F3NO2. The number of alkyl halides is 3. The van der Waals surface area contributed by atoms with Crippen LogP contribution in [0.5, 0.6) is 5.75 Å². The van der Waals surface area contributed by atoms with Gasteiger partial charge in [-0.15, -0.1) is 0 Å². The predicted molar refractivity (Wildman–Crippen MR) is 68.2 cm³/mol. The summed E-state index contributed by atoms with van der Waals surface area (Å²) in [4.78, 5) is 0. The van der Waals surface area contributed by atoms with Crippen LogP contribution in [-0.4, -0.2) is 11.3 Å². The van der Waals surface area contributed by atoms with Gasteiger partial charge in [0.05, 0.1) is 11.0 Å². The monoisotopic (exact) mass is 283 g/mol. The molecule has 0 spiro atoms. The van der Waals surface area contributed by atoms with Gasteiger partial charge in [-0.1, -0.05) is 13.5 Å². The minimum absolute atomic E-state index is 0.0209. The first-order valence-corrected chi connectivity index (χ1v) is 5.85. The molecule has 0 saturated heterocycles. The summed E-state index contributed by atoms with van der Waals surface area (Å²) in [5.41, 5.74) is -0.900. The van der Waals surface area contributed by atoms with Crippen molar-refractivity contribution in [3.8, 4) is 5.75 Å². The van der Waals surface area contributed by atoms with Crippen LogP contribution >= 0.6 is 0 Å². The van der Waals surface area contributed by atoms with E-state index in [0.717, 1.165) is 12.1 Å². The molecule has 1 aromatic carbocycles. The summed E-state index contributed by atoms with van der Waals surface area (Å²) in [6.45, 7) is 4.79. The lowest BCUT2D eigenvalue weighted by molar-refractivity contribution is -0.0686. The second-order valence-corrected chi connectivity index (χ2v) is 4.34. The molecule has 1 aromatic heterocycles. The molecule has 2 aromatic rings. The Hall–Kier alpha value is -2.24. The van der Waals surface area contributed by atoms with Crippen molar-refractivity contribution >= 4 is 16.5 Å². The van der Waals surface area contributed by atoms with Gasteiger partial charge in [-0.25, -0.2) is 0 Å². The van der Waals surface area contributed by atoms with Crippen molar-refractivity contribution in [2.45, 2.75) is 19.5 Å². The molecule has 0 radical (unpaired) electrons. The first-order chi connectivity index (χ1) is 9.24. The van der Waals surface area contributed by atoms with Crippen molar-refractivity contribution in [1.29, 1.82) is 5.41 Å². The fourth-order valence-corrected chi connectivity index (χ4v) is 1.86. The molecule has 0 fully saturated rings. The quantitative estimate of drug-likeness (QED) is 0.881. The minimum atomic E-state index is -4.59. The highest BCUT2D eigenvalue weighted by Crippen LogP contribution is 2.36. The third-order valence-electron chi connectivity index (χ3n) is 3.01. The summed E-state index contributed by atoms with van der Waals surface area (Å²) in [6.07, 6.45) is -4.07. The summed E-state index contributed by atoms with van der Waals surface area (Å²) in [5, 5.41) is 17.8. The summed E-state index contributed by atoms with van der Waals surface area (Å²) < 4.78 is 43.0. The zero-order chi connectivity index (χ0) is 15.1. The number of phenolic OH excluding ortho intramolecular Hbond substituents is 1. The maximum absolute atomic E-state index is 12.6. The lowest BCUT2D eigenvalue weighted by Crippen LogP contribution is -2.10. The Balaban J connectivity index is 2.70. The van der Waals surface area contributed by atoms with E-state index in [0.29, 0.717) is 12.0 Å². The SMILES string of the molecule is C=C(c1cc(O)c2cc(CC)c(=N)oc2c1)C(F)(F)F. The Bertz CT molecular complexity index is 744. The minimum Gasteiger partial charge on any atom is -0.507 e. The second-order valence-electron chi connectivity index (χ2n) is 4.34. The van der Waals surface area contributed by atoms with Gasteiger partial charge in [0.1, 0.15) is 11.3 Å². The molecule has 6 heteroatoms. The molecule has 0 saturated carbocycles. The van der Waals surface area contributed by atoms with E-state index in [-0.39, 0.29) is 27.8 Å². The van der Waals surface area contributed by atoms with E-state index >= 15 is 0 Å². The number of aromatic hydroxyl groups is 1. The van der Waals surface area contributed by atoms with Crippen LogP contribution in [0.15, 0.2) is 29.2 Å². The Morgan fingerprint density at radius 3 is 2.55 bits per heavy atom. The molecule has 2 rings (SSSR count). The molecule has 3 nitrogen and oxygen atoms in total. The number of rotatable bonds is 2. The molecule has 0 amide bonds. The highest BCUT2D eigenvalue weighted by Gasteiger charge is 2.33. The van der Waals surface area contributed by atoms with Gasteiger partial charge in [-0.05, 0) is 30.2 Å². The number of halogens is 3. The number of allylic oxidation sites excluding steroid dienone is 1. The summed E-state index contributed by atoms with van der Waals surface area (Å²) in [5.74, 6) is -0.332. The van der Waals surface area contributed by atoms with Crippen molar-refractivity contribution in [3.05, 3.63) is 41.5 Å². The van der Waals surface area contributed by atoms with Crippen LogP contribution in [0.25, 0.3) is 16.5 Å². The van der Waals surface area contributed by atoms with Crippen molar-refractivity contribution in [2.75, 3.05) is 0 Å². The highest BCUT2D eigenvalue weighted by molar-refractivity contribution is 5.88. The second kappa shape index (κ2) is 4.70. The molecule has 0 aliphatic carbocycles. The van der Waals surface area contributed by atoms with Gasteiger partial charge in [0.15, 0.2) is 0 Å². The van der Waals surface area contributed by atoms with Gasteiger partial charge >= 0.3 is 6.18 Å². The predicted octanol–water partition coefficient (Wildman–Crippen LogP) is 3.76. The topological polar surface area (TPSA) is 57.2 Å². The smallest absolute Gasteiger partial charge is 0.416 e. The van der Waals surface area contributed by atoms with Crippen LogP contribution in [0.2, 0.25) is 0 Å². The number of fused-ring (bicyclic) bond motifs is 1. The molecule has 0 aliphatic heterocycles. The van der Waals surface area contributed by atoms with Crippen LogP contribution in [0.3, 0.4) is 0 Å². The molecule has 0 atom stereocenters. The third-order valence-corrected chi connectivity index (χ3v) is 3.01. The van der Waals surface area contributed by atoms with E-state index in [1.807, 2.05) is 6.92 Å². The molecule has 0 unspecified atom stereocenters. The van der Waals surface area contributed by atoms with Gasteiger partial charge in [0.2, 0.25) is 5.55 Å². The van der Waals surface area contributed by atoms with E-state index in [4.69, 9.17) is 9.83 Å². The third kappa shape index (κ3) is 2.41. The van der Waals surface area contributed by atoms with E-state index < -0.39 is 11.7 Å². The van der Waals surface area contributed by atoms with Gasteiger partial charge < -0.3 is 9.52 Å². The van der Waals surface area contributed by atoms with Gasteiger partial charge in [0, 0.05) is 5.56 Å². The molecule has 0 bridgehead atoms.